The van der Waals surface area contributed by atoms with Crippen molar-refractivity contribution in [3.63, 3.8) is 0 Å². The van der Waals surface area contributed by atoms with Crippen LogP contribution in [0, 0.1) is 0 Å². The molecule has 0 spiro atoms. The molecule has 1 nitrogen and oxygen atoms in total. The van der Waals surface area contributed by atoms with Crippen molar-refractivity contribution in [1.82, 2.24) is 5.32 Å². The monoisotopic (exact) mass is 267 g/mol. The van der Waals surface area contributed by atoms with Gasteiger partial charge in [0.1, 0.15) is 0 Å². The first-order valence-corrected chi connectivity index (χ1v) is 7.67. The molecule has 0 radical (unpaired) electrons. The standard InChI is InChI=1S/C19H25N/c1-4-7-16-10-12-17(13-11-16)19-9-6-8-18(14-19)15(3)20-5-2/h6,8-15,20H,4-5,7H2,1-3H3. The summed E-state index contributed by atoms with van der Waals surface area (Å²) < 4.78 is 0. The third kappa shape index (κ3) is 3.71. The zero-order valence-corrected chi connectivity index (χ0v) is 12.8. The fraction of sp³-hybridized carbons (Fsp3) is 0.368. The van der Waals surface area contributed by atoms with Gasteiger partial charge in [0, 0.05) is 6.04 Å². The largest absolute Gasteiger partial charge is 0.310 e. The maximum absolute atomic E-state index is 3.47. The molecule has 2 rings (SSSR count). The van der Waals surface area contributed by atoms with Crippen LogP contribution in [0.2, 0.25) is 0 Å². The van der Waals surface area contributed by atoms with E-state index in [1.807, 2.05) is 0 Å². The number of rotatable bonds is 6. The van der Waals surface area contributed by atoms with E-state index < -0.39 is 0 Å². The minimum Gasteiger partial charge on any atom is -0.310 e. The predicted molar refractivity (Wildman–Crippen MR) is 88.0 cm³/mol. The molecule has 0 aliphatic heterocycles. The van der Waals surface area contributed by atoms with Crippen molar-refractivity contribution in [2.45, 2.75) is 39.7 Å². The Kier molecular flexibility index (Phi) is 5.37. The van der Waals surface area contributed by atoms with Gasteiger partial charge in [-0.25, -0.2) is 0 Å². The maximum atomic E-state index is 3.47. The first kappa shape index (κ1) is 14.8. The molecule has 0 aliphatic rings. The maximum Gasteiger partial charge on any atom is 0.0291 e. The Morgan fingerprint density at radius 3 is 2.35 bits per heavy atom. The van der Waals surface area contributed by atoms with Crippen LogP contribution in [0.1, 0.15) is 44.4 Å². The van der Waals surface area contributed by atoms with Crippen molar-refractivity contribution in [2.75, 3.05) is 6.54 Å². The molecule has 20 heavy (non-hydrogen) atoms. The van der Waals surface area contributed by atoms with Crippen molar-refractivity contribution >= 4 is 0 Å². The van der Waals surface area contributed by atoms with Crippen LogP contribution >= 0.6 is 0 Å². The number of aryl methyl sites for hydroxylation is 1. The summed E-state index contributed by atoms with van der Waals surface area (Å²) in [6, 6.07) is 18.2. The molecule has 0 amide bonds. The summed E-state index contributed by atoms with van der Waals surface area (Å²) >= 11 is 0. The van der Waals surface area contributed by atoms with Gasteiger partial charge in [-0.3, -0.25) is 0 Å². The second kappa shape index (κ2) is 7.25. The van der Waals surface area contributed by atoms with Crippen LogP contribution in [0.3, 0.4) is 0 Å². The summed E-state index contributed by atoms with van der Waals surface area (Å²) in [4.78, 5) is 0. The Morgan fingerprint density at radius 1 is 0.950 bits per heavy atom. The van der Waals surface area contributed by atoms with Crippen LogP contribution in [0.15, 0.2) is 48.5 Å². The molecule has 2 aromatic carbocycles. The van der Waals surface area contributed by atoms with E-state index in [1.165, 1.54) is 28.7 Å². The Morgan fingerprint density at radius 2 is 1.70 bits per heavy atom. The van der Waals surface area contributed by atoms with Crippen molar-refractivity contribution < 1.29 is 0 Å². The van der Waals surface area contributed by atoms with Gasteiger partial charge in [0.25, 0.3) is 0 Å². The van der Waals surface area contributed by atoms with E-state index in [9.17, 15) is 0 Å². The third-order valence-corrected chi connectivity index (χ3v) is 3.72. The topological polar surface area (TPSA) is 12.0 Å². The van der Waals surface area contributed by atoms with Gasteiger partial charge in [-0.15, -0.1) is 0 Å². The number of hydrogen-bond donors (Lipinski definition) is 1. The minimum absolute atomic E-state index is 0.402. The fourth-order valence-corrected chi connectivity index (χ4v) is 2.56. The molecule has 2 aromatic rings. The molecular weight excluding hydrogens is 242 g/mol. The molecule has 1 atom stereocenters. The highest BCUT2D eigenvalue weighted by molar-refractivity contribution is 5.64. The van der Waals surface area contributed by atoms with Gasteiger partial charge in [-0.05, 0) is 48.2 Å². The molecule has 0 fully saturated rings. The second-order valence-corrected chi connectivity index (χ2v) is 5.35. The lowest BCUT2D eigenvalue weighted by Crippen LogP contribution is -2.17. The van der Waals surface area contributed by atoms with Gasteiger partial charge in [-0.2, -0.15) is 0 Å². The Hall–Kier alpha value is -1.60. The summed E-state index contributed by atoms with van der Waals surface area (Å²) in [5.74, 6) is 0. The Bertz CT molecular complexity index is 528. The van der Waals surface area contributed by atoms with Gasteiger partial charge in [0.05, 0.1) is 0 Å². The van der Waals surface area contributed by atoms with E-state index >= 15 is 0 Å². The van der Waals surface area contributed by atoms with E-state index in [0.29, 0.717) is 6.04 Å². The fourth-order valence-electron chi connectivity index (χ4n) is 2.56. The summed E-state index contributed by atoms with van der Waals surface area (Å²) in [5.41, 5.74) is 5.38. The molecule has 1 N–H and O–H groups in total. The average Bonchev–Trinajstić information content (AvgIpc) is 2.49. The van der Waals surface area contributed by atoms with Gasteiger partial charge in [0.2, 0.25) is 0 Å². The van der Waals surface area contributed by atoms with Crippen molar-refractivity contribution in [3.05, 3.63) is 59.7 Å². The predicted octanol–water partition coefficient (Wildman–Crippen LogP) is 4.98. The van der Waals surface area contributed by atoms with E-state index in [2.05, 4.69) is 74.6 Å². The highest BCUT2D eigenvalue weighted by Gasteiger charge is 2.05. The van der Waals surface area contributed by atoms with E-state index in [0.717, 1.165) is 13.0 Å². The molecule has 0 bridgehead atoms. The molecule has 106 valence electrons. The normalized spacial score (nSPS) is 12.3. The number of benzene rings is 2. The van der Waals surface area contributed by atoms with Gasteiger partial charge in [-0.1, -0.05) is 62.7 Å². The molecule has 0 aliphatic carbocycles. The number of hydrogen-bond acceptors (Lipinski definition) is 1. The first-order chi connectivity index (χ1) is 9.74. The summed E-state index contributed by atoms with van der Waals surface area (Å²) in [6.07, 6.45) is 2.37. The van der Waals surface area contributed by atoms with Crippen LogP contribution in [0.25, 0.3) is 11.1 Å². The van der Waals surface area contributed by atoms with Crippen LogP contribution in [-0.2, 0) is 6.42 Å². The van der Waals surface area contributed by atoms with Crippen molar-refractivity contribution in [3.8, 4) is 11.1 Å². The summed E-state index contributed by atoms with van der Waals surface area (Å²) in [5, 5.41) is 3.47. The smallest absolute Gasteiger partial charge is 0.0291 e. The van der Waals surface area contributed by atoms with Gasteiger partial charge in [0.15, 0.2) is 0 Å². The van der Waals surface area contributed by atoms with Crippen LogP contribution in [0.5, 0.6) is 0 Å². The van der Waals surface area contributed by atoms with Gasteiger partial charge >= 0.3 is 0 Å². The zero-order valence-electron chi connectivity index (χ0n) is 12.8. The van der Waals surface area contributed by atoms with Crippen molar-refractivity contribution in [2.24, 2.45) is 0 Å². The molecular formula is C19H25N. The third-order valence-electron chi connectivity index (χ3n) is 3.72. The molecule has 0 saturated heterocycles. The van der Waals surface area contributed by atoms with E-state index in [4.69, 9.17) is 0 Å². The molecule has 0 saturated carbocycles. The Balaban J connectivity index is 2.21. The van der Waals surface area contributed by atoms with E-state index in [1.54, 1.807) is 0 Å². The lowest BCUT2D eigenvalue weighted by Gasteiger charge is -2.14. The lowest BCUT2D eigenvalue weighted by atomic mass is 9.98. The molecule has 1 unspecified atom stereocenters. The van der Waals surface area contributed by atoms with Crippen LogP contribution < -0.4 is 5.32 Å². The molecule has 0 heterocycles. The molecule has 0 aromatic heterocycles. The van der Waals surface area contributed by atoms with E-state index in [-0.39, 0.29) is 0 Å². The van der Waals surface area contributed by atoms with Crippen molar-refractivity contribution in [1.29, 1.82) is 0 Å². The highest BCUT2D eigenvalue weighted by Crippen LogP contribution is 2.24. The highest BCUT2D eigenvalue weighted by atomic mass is 14.9. The van der Waals surface area contributed by atoms with Crippen LogP contribution in [0.4, 0.5) is 0 Å². The minimum atomic E-state index is 0.402. The molecule has 1 heteroatoms. The lowest BCUT2D eigenvalue weighted by molar-refractivity contribution is 0.598. The average molecular weight is 267 g/mol. The second-order valence-electron chi connectivity index (χ2n) is 5.35. The van der Waals surface area contributed by atoms with Crippen LogP contribution in [-0.4, -0.2) is 6.54 Å². The SMILES string of the molecule is CCCc1ccc(-c2cccc(C(C)NCC)c2)cc1. The zero-order chi connectivity index (χ0) is 14.4. The summed E-state index contributed by atoms with van der Waals surface area (Å²) in [6.45, 7) is 7.58. The first-order valence-electron chi connectivity index (χ1n) is 7.67. The quantitative estimate of drug-likeness (QED) is 0.778. The number of nitrogens with one attached hydrogen (secondary N) is 1. The summed E-state index contributed by atoms with van der Waals surface area (Å²) in [7, 11) is 0. The Labute approximate surface area is 123 Å². The van der Waals surface area contributed by atoms with Gasteiger partial charge < -0.3 is 5.32 Å².